The molecular weight excluding hydrogens is 246 g/mol. The van der Waals surface area contributed by atoms with Crippen molar-refractivity contribution in [2.24, 2.45) is 5.73 Å². The standard InChI is InChI=1S/C14H21NO2S/c15-9-8-14(12-5-2-1-3-6-12)18(16)11-13-7-4-10-17-13/h1-3,5-6,13-14H,4,7-11,15H2. The van der Waals surface area contributed by atoms with Gasteiger partial charge in [0.25, 0.3) is 0 Å². The molecule has 3 atom stereocenters. The Balaban J connectivity index is 2.02. The van der Waals surface area contributed by atoms with E-state index in [0.29, 0.717) is 12.3 Å². The van der Waals surface area contributed by atoms with Crippen LogP contribution in [0, 0.1) is 0 Å². The summed E-state index contributed by atoms with van der Waals surface area (Å²) in [5.41, 5.74) is 6.77. The van der Waals surface area contributed by atoms with Crippen LogP contribution in [0.25, 0.3) is 0 Å². The fourth-order valence-electron chi connectivity index (χ4n) is 2.34. The van der Waals surface area contributed by atoms with Crippen LogP contribution in [0.5, 0.6) is 0 Å². The lowest BCUT2D eigenvalue weighted by atomic mass is 10.1. The van der Waals surface area contributed by atoms with Crippen molar-refractivity contribution < 1.29 is 8.95 Å². The van der Waals surface area contributed by atoms with Gasteiger partial charge in [0.1, 0.15) is 0 Å². The molecule has 0 amide bonds. The summed E-state index contributed by atoms with van der Waals surface area (Å²) in [7, 11) is -0.904. The molecule has 1 saturated heterocycles. The third-order valence-electron chi connectivity index (χ3n) is 3.29. The number of hydrogen-bond acceptors (Lipinski definition) is 3. The number of rotatable bonds is 6. The molecule has 2 rings (SSSR count). The van der Waals surface area contributed by atoms with Gasteiger partial charge in [-0.2, -0.15) is 0 Å². The molecule has 1 aliphatic rings. The molecule has 2 N–H and O–H groups in total. The van der Waals surface area contributed by atoms with Crippen molar-refractivity contribution >= 4 is 10.8 Å². The molecule has 4 heteroatoms. The average Bonchev–Trinajstić information content (AvgIpc) is 2.89. The van der Waals surface area contributed by atoms with E-state index in [1.165, 1.54) is 0 Å². The van der Waals surface area contributed by atoms with Gasteiger partial charge >= 0.3 is 0 Å². The van der Waals surface area contributed by atoms with Crippen molar-refractivity contribution in [3.8, 4) is 0 Å². The minimum Gasteiger partial charge on any atom is -0.377 e. The quantitative estimate of drug-likeness (QED) is 0.857. The molecule has 18 heavy (non-hydrogen) atoms. The SMILES string of the molecule is NCCC(c1ccccc1)S(=O)CC1CCCO1. The van der Waals surface area contributed by atoms with E-state index in [1.807, 2.05) is 30.3 Å². The normalized spacial score (nSPS) is 22.8. The zero-order chi connectivity index (χ0) is 12.8. The highest BCUT2D eigenvalue weighted by atomic mass is 32.2. The van der Waals surface area contributed by atoms with Crippen LogP contribution in [0.3, 0.4) is 0 Å². The third kappa shape index (κ3) is 3.64. The van der Waals surface area contributed by atoms with E-state index in [0.717, 1.165) is 31.4 Å². The van der Waals surface area contributed by atoms with Gasteiger partial charge in [0, 0.05) is 17.4 Å². The van der Waals surface area contributed by atoms with Gasteiger partial charge in [0.2, 0.25) is 0 Å². The summed E-state index contributed by atoms with van der Waals surface area (Å²) in [6.07, 6.45) is 3.07. The van der Waals surface area contributed by atoms with Crippen LogP contribution in [0.4, 0.5) is 0 Å². The number of benzene rings is 1. The minimum absolute atomic E-state index is 0.0420. The van der Waals surface area contributed by atoms with Gasteiger partial charge in [0.05, 0.1) is 17.1 Å². The maximum Gasteiger partial charge on any atom is 0.0691 e. The highest BCUT2D eigenvalue weighted by Gasteiger charge is 2.24. The van der Waals surface area contributed by atoms with Gasteiger partial charge in [-0.25, -0.2) is 0 Å². The Morgan fingerprint density at radius 1 is 1.39 bits per heavy atom. The summed E-state index contributed by atoms with van der Waals surface area (Å²) in [5.74, 6) is 0.638. The molecule has 0 bridgehead atoms. The van der Waals surface area contributed by atoms with Gasteiger partial charge in [0.15, 0.2) is 0 Å². The van der Waals surface area contributed by atoms with Crippen LogP contribution in [-0.4, -0.2) is 29.2 Å². The minimum atomic E-state index is -0.904. The first kappa shape index (κ1) is 13.7. The predicted octanol–water partition coefficient (Wildman–Crippen LogP) is 2.00. The van der Waals surface area contributed by atoms with Crippen LogP contribution >= 0.6 is 0 Å². The molecule has 0 aliphatic carbocycles. The molecule has 100 valence electrons. The van der Waals surface area contributed by atoms with Gasteiger partial charge in [-0.15, -0.1) is 0 Å². The Hall–Kier alpha value is -0.710. The first-order valence-corrected chi connectivity index (χ1v) is 7.93. The van der Waals surface area contributed by atoms with Crippen LogP contribution in [0.1, 0.15) is 30.1 Å². The molecule has 0 saturated carbocycles. The molecular formula is C14H21NO2S. The molecule has 3 unspecified atom stereocenters. The van der Waals surface area contributed by atoms with Crippen molar-refractivity contribution in [3.63, 3.8) is 0 Å². The molecule has 0 radical (unpaired) electrons. The number of nitrogens with two attached hydrogens (primary N) is 1. The highest BCUT2D eigenvalue weighted by molar-refractivity contribution is 7.85. The molecule has 1 fully saturated rings. The molecule has 1 heterocycles. The van der Waals surface area contributed by atoms with Crippen LogP contribution in [0.2, 0.25) is 0 Å². The second-order valence-electron chi connectivity index (χ2n) is 4.66. The van der Waals surface area contributed by atoms with Gasteiger partial charge < -0.3 is 10.5 Å². The Morgan fingerprint density at radius 3 is 2.78 bits per heavy atom. The van der Waals surface area contributed by atoms with E-state index >= 15 is 0 Å². The summed E-state index contributed by atoms with van der Waals surface area (Å²) in [5, 5.41) is 0.0420. The highest BCUT2D eigenvalue weighted by Crippen LogP contribution is 2.25. The van der Waals surface area contributed by atoms with E-state index in [1.54, 1.807) is 0 Å². The van der Waals surface area contributed by atoms with E-state index in [9.17, 15) is 4.21 Å². The fraction of sp³-hybridized carbons (Fsp3) is 0.571. The summed E-state index contributed by atoms with van der Waals surface area (Å²) < 4.78 is 18.0. The second kappa shape index (κ2) is 7.02. The number of ether oxygens (including phenoxy) is 1. The Morgan fingerprint density at radius 2 is 2.17 bits per heavy atom. The lowest BCUT2D eigenvalue weighted by Gasteiger charge is -2.18. The molecule has 0 spiro atoms. The van der Waals surface area contributed by atoms with Crippen molar-refractivity contribution in [1.82, 2.24) is 0 Å². The van der Waals surface area contributed by atoms with Crippen molar-refractivity contribution in [2.75, 3.05) is 18.9 Å². The molecule has 1 aromatic rings. The maximum atomic E-state index is 12.5. The summed E-state index contributed by atoms with van der Waals surface area (Å²) in [6.45, 7) is 1.38. The monoisotopic (exact) mass is 267 g/mol. The van der Waals surface area contributed by atoms with E-state index < -0.39 is 10.8 Å². The smallest absolute Gasteiger partial charge is 0.0691 e. The topological polar surface area (TPSA) is 52.3 Å². The first-order valence-electron chi connectivity index (χ1n) is 6.55. The lowest BCUT2D eigenvalue weighted by molar-refractivity contribution is 0.128. The zero-order valence-electron chi connectivity index (χ0n) is 10.6. The summed E-state index contributed by atoms with van der Waals surface area (Å²) in [6, 6.07) is 10.0. The fourth-order valence-corrected chi connectivity index (χ4v) is 4.07. The molecule has 3 nitrogen and oxygen atoms in total. The maximum absolute atomic E-state index is 12.5. The number of hydrogen-bond donors (Lipinski definition) is 1. The second-order valence-corrected chi connectivity index (χ2v) is 6.32. The van der Waals surface area contributed by atoms with Crippen molar-refractivity contribution in [3.05, 3.63) is 35.9 Å². The largest absolute Gasteiger partial charge is 0.377 e. The van der Waals surface area contributed by atoms with Crippen molar-refractivity contribution in [2.45, 2.75) is 30.6 Å². The summed E-state index contributed by atoms with van der Waals surface area (Å²) in [4.78, 5) is 0. The Bertz CT molecular complexity index is 377. The molecule has 0 aromatic heterocycles. The van der Waals surface area contributed by atoms with E-state index in [-0.39, 0.29) is 11.4 Å². The lowest BCUT2D eigenvalue weighted by Crippen LogP contribution is -2.21. The van der Waals surface area contributed by atoms with Crippen LogP contribution in [0.15, 0.2) is 30.3 Å². The van der Waals surface area contributed by atoms with Gasteiger partial charge in [-0.3, -0.25) is 4.21 Å². The van der Waals surface area contributed by atoms with E-state index in [4.69, 9.17) is 10.5 Å². The molecule has 1 aliphatic heterocycles. The van der Waals surface area contributed by atoms with Crippen LogP contribution < -0.4 is 5.73 Å². The van der Waals surface area contributed by atoms with Crippen molar-refractivity contribution in [1.29, 1.82) is 0 Å². The van der Waals surface area contributed by atoms with Crippen LogP contribution in [-0.2, 0) is 15.5 Å². The van der Waals surface area contributed by atoms with Gasteiger partial charge in [-0.05, 0) is 31.4 Å². The molecule has 1 aromatic carbocycles. The third-order valence-corrected chi connectivity index (χ3v) is 5.13. The van der Waals surface area contributed by atoms with E-state index in [2.05, 4.69) is 0 Å². The predicted molar refractivity (Wildman–Crippen MR) is 74.8 cm³/mol. The Kier molecular flexibility index (Phi) is 5.35. The average molecular weight is 267 g/mol. The van der Waals surface area contributed by atoms with Gasteiger partial charge in [-0.1, -0.05) is 30.3 Å². The summed E-state index contributed by atoms with van der Waals surface area (Å²) >= 11 is 0. The Labute approximate surface area is 111 Å². The zero-order valence-corrected chi connectivity index (χ0v) is 11.4. The first-order chi connectivity index (χ1) is 8.81.